The molecule has 1 N–H and O–H groups in total. The Hall–Kier alpha value is -3.20. The van der Waals surface area contributed by atoms with E-state index in [2.05, 4.69) is 51.3 Å². The molecule has 1 aliphatic carbocycles. The fourth-order valence-corrected chi connectivity index (χ4v) is 4.47. The minimum atomic E-state index is -0.489. The summed E-state index contributed by atoms with van der Waals surface area (Å²) < 4.78 is 2.07. The second-order valence-corrected chi connectivity index (χ2v) is 8.53. The average molecular weight is 438 g/mol. The molecule has 2 atom stereocenters. The lowest BCUT2D eigenvalue weighted by atomic mass is 10.1. The number of benzene rings is 2. The number of nitro groups is 1. The number of rotatable bonds is 8. The Kier molecular flexibility index (Phi) is 6.03. The third-order valence-electron chi connectivity index (χ3n) is 5.36. The molecule has 160 valence electrons. The van der Waals surface area contributed by atoms with E-state index < -0.39 is 4.92 Å². The summed E-state index contributed by atoms with van der Waals surface area (Å²) in [6, 6.07) is 14.5. The molecule has 0 saturated heterocycles. The molecule has 0 unspecified atom stereocenters. The summed E-state index contributed by atoms with van der Waals surface area (Å²) in [5.41, 5.74) is 2.91. The van der Waals surface area contributed by atoms with Gasteiger partial charge in [0.05, 0.1) is 10.7 Å². The first kappa shape index (κ1) is 21.0. The van der Waals surface area contributed by atoms with Crippen LogP contribution in [0, 0.1) is 17.0 Å². The van der Waals surface area contributed by atoms with Gasteiger partial charge in [0.1, 0.15) is 5.82 Å². The summed E-state index contributed by atoms with van der Waals surface area (Å²) in [6.45, 7) is 4.86. The minimum absolute atomic E-state index is 0.0617. The monoisotopic (exact) mass is 437 g/mol. The zero-order chi connectivity index (χ0) is 22.0. The molecule has 31 heavy (non-hydrogen) atoms. The molecule has 0 spiro atoms. The summed E-state index contributed by atoms with van der Waals surface area (Å²) in [4.78, 5) is 22.7. The van der Waals surface area contributed by atoms with Gasteiger partial charge in [-0.3, -0.25) is 14.9 Å². The molecule has 1 amide bonds. The molecule has 4 rings (SSSR count). The molecular formula is C22H23N5O3S. The van der Waals surface area contributed by atoms with Gasteiger partial charge in [-0.25, -0.2) is 0 Å². The number of hydrogen-bond acceptors (Lipinski definition) is 6. The first-order valence-corrected chi connectivity index (χ1v) is 11.1. The fourth-order valence-electron chi connectivity index (χ4n) is 3.67. The van der Waals surface area contributed by atoms with Gasteiger partial charge in [0.15, 0.2) is 5.16 Å². The van der Waals surface area contributed by atoms with Crippen LogP contribution in [0.3, 0.4) is 0 Å². The van der Waals surface area contributed by atoms with Gasteiger partial charge in [0.25, 0.3) is 5.69 Å². The topological polar surface area (TPSA) is 103 Å². The number of carbonyl (C=O) groups excluding carboxylic acids is 1. The number of nitro benzene ring substituents is 1. The molecular weight excluding hydrogens is 414 g/mol. The third-order valence-corrected chi connectivity index (χ3v) is 6.33. The van der Waals surface area contributed by atoms with E-state index in [1.807, 2.05) is 6.92 Å². The number of nitrogens with zero attached hydrogens (tertiary/aromatic N) is 4. The normalized spacial score (nSPS) is 17.4. The van der Waals surface area contributed by atoms with Gasteiger partial charge < -0.3 is 9.88 Å². The van der Waals surface area contributed by atoms with Gasteiger partial charge in [-0.2, -0.15) is 0 Å². The highest BCUT2D eigenvalue weighted by Crippen LogP contribution is 2.54. The highest BCUT2D eigenvalue weighted by Gasteiger charge is 2.43. The van der Waals surface area contributed by atoms with Gasteiger partial charge in [-0.05, 0) is 37.8 Å². The second kappa shape index (κ2) is 8.89. The quantitative estimate of drug-likeness (QED) is 0.316. The van der Waals surface area contributed by atoms with Gasteiger partial charge >= 0.3 is 0 Å². The third kappa shape index (κ3) is 4.77. The maximum atomic E-state index is 12.3. The smallest absolute Gasteiger partial charge is 0.271 e. The Bertz CT molecular complexity index is 1110. The van der Waals surface area contributed by atoms with E-state index in [9.17, 15) is 14.9 Å². The molecule has 1 saturated carbocycles. The van der Waals surface area contributed by atoms with Crippen LogP contribution >= 0.6 is 11.8 Å². The second-order valence-electron chi connectivity index (χ2n) is 7.59. The number of thioether (sulfide) groups is 1. The largest absolute Gasteiger partial charge is 0.325 e. The van der Waals surface area contributed by atoms with Crippen LogP contribution < -0.4 is 5.32 Å². The zero-order valence-corrected chi connectivity index (χ0v) is 18.1. The molecule has 0 aliphatic heterocycles. The summed E-state index contributed by atoms with van der Waals surface area (Å²) >= 11 is 1.32. The summed E-state index contributed by atoms with van der Waals surface area (Å²) in [6.07, 6.45) is 1.05. The Morgan fingerprint density at radius 1 is 1.23 bits per heavy atom. The summed E-state index contributed by atoms with van der Waals surface area (Å²) in [5.74, 6) is 1.68. The van der Waals surface area contributed by atoms with E-state index >= 15 is 0 Å². The van der Waals surface area contributed by atoms with Crippen LogP contribution in [0.5, 0.6) is 0 Å². The molecule has 1 heterocycles. The van der Waals surface area contributed by atoms with E-state index in [-0.39, 0.29) is 17.3 Å². The maximum Gasteiger partial charge on any atom is 0.271 e. The average Bonchev–Trinajstić information content (AvgIpc) is 3.44. The Balaban J connectivity index is 1.38. The van der Waals surface area contributed by atoms with E-state index in [1.54, 1.807) is 12.1 Å². The number of aryl methyl sites for hydroxylation is 1. The molecule has 3 aromatic rings. The number of non-ortho nitro benzene ring substituents is 1. The van der Waals surface area contributed by atoms with E-state index in [4.69, 9.17) is 0 Å². The number of nitrogens with one attached hydrogen (secondary N) is 1. The van der Waals surface area contributed by atoms with E-state index in [1.165, 1.54) is 35.0 Å². The highest BCUT2D eigenvalue weighted by molar-refractivity contribution is 7.99. The van der Waals surface area contributed by atoms with Crippen molar-refractivity contribution in [2.75, 3.05) is 11.1 Å². The number of aromatic nitrogens is 3. The lowest BCUT2D eigenvalue weighted by molar-refractivity contribution is -0.384. The summed E-state index contributed by atoms with van der Waals surface area (Å²) in [7, 11) is 0. The fraction of sp³-hybridized carbons (Fsp3) is 0.318. The first-order valence-electron chi connectivity index (χ1n) is 10.1. The van der Waals surface area contributed by atoms with Crippen LogP contribution in [0.25, 0.3) is 0 Å². The highest BCUT2D eigenvalue weighted by atomic mass is 32.2. The van der Waals surface area contributed by atoms with Crippen LogP contribution in [0.1, 0.15) is 42.1 Å². The predicted molar refractivity (Wildman–Crippen MR) is 119 cm³/mol. The van der Waals surface area contributed by atoms with Gasteiger partial charge in [0, 0.05) is 30.3 Å². The van der Waals surface area contributed by atoms with Crippen LogP contribution in [0.15, 0.2) is 53.7 Å². The first-order chi connectivity index (χ1) is 15.0. The Labute approximate surface area is 184 Å². The SMILES string of the molecule is CCn1c(SCC(=O)Nc2cccc([N+](=O)[O-])c2)nnc1[C@H]1C[C@@H]1c1ccc(C)cc1. The van der Waals surface area contributed by atoms with Crippen molar-refractivity contribution in [1.82, 2.24) is 14.8 Å². The van der Waals surface area contributed by atoms with Crippen molar-refractivity contribution in [2.45, 2.75) is 43.8 Å². The molecule has 1 fully saturated rings. The van der Waals surface area contributed by atoms with Gasteiger partial charge in [-0.15, -0.1) is 10.2 Å². The molecule has 8 nitrogen and oxygen atoms in total. The van der Waals surface area contributed by atoms with Crippen molar-refractivity contribution in [3.63, 3.8) is 0 Å². The van der Waals surface area contributed by atoms with Crippen molar-refractivity contribution in [2.24, 2.45) is 0 Å². The van der Waals surface area contributed by atoms with E-state index in [0.29, 0.717) is 22.7 Å². The van der Waals surface area contributed by atoms with Crippen LogP contribution in [0.2, 0.25) is 0 Å². The van der Waals surface area contributed by atoms with Crippen molar-refractivity contribution >= 4 is 29.0 Å². The van der Waals surface area contributed by atoms with Crippen molar-refractivity contribution in [3.05, 3.63) is 75.6 Å². The van der Waals surface area contributed by atoms with Crippen LogP contribution in [-0.2, 0) is 11.3 Å². The lowest BCUT2D eigenvalue weighted by Gasteiger charge is -2.08. The Morgan fingerprint density at radius 2 is 2.00 bits per heavy atom. The van der Waals surface area contributed by atoms with Gasteiger partial charge in [0.2, 0.25) is 5.91 Å². The van der Waals surface area contributed by atoms with Crippen LogP contribution in [0.4, 0.5) is 11.4 Å². The van der Waals surface area contributed by atoms with E-state index in [0.717, 1.165) is 18.8 Å². The van der Waals surface area contributed by atoms with Crippen molar-refractivity contribution < 1.29 is 9.72 Å². The standard InChI is InChI=1S/C22H23N5O3S/c1-3-26-21(19-12-18(19)15-9-7-14(2)8-10-15)24-25-22(26)31-13-20(28)23-16-5-4-6-17(11-16)27(29)30/h4-11,18-19H,3,12-13H2,1-2H3,(H,23,28)/t18-,19+/m1/s1. The minimum Gasteiger partial charge on any atom is -0.325 e. The summed E-state index contributed by atoms with van der Waals surface area (Å²) in [5, 5.41) is 23.0. The lowest BCUT2D eigenvalue weighted by Crippen LogP contribution is -2.14. The predicted octanol–water partition coefficient (Wildman–Crippen LogP) is 4.52. The molecule has 2 aromatic carbocycles. The van der Waals surface area contributed by atoms with Gasteiger partial charge in [-0.1, -0.05) is 47.7 Å². The molecule has 0 radical (unpaired) electrons. The number of hydrogen-bond donors (Lipinski definition) is 1. The number of amides is 1. The number of anilines is 1. The van der Waals surface area contributed by atoms with Crippen LogP contribution in [-0.4, -0.2) is 31.3 Å². The Morgan fingerprint density at radius 3 is 2.71 bits per heavy atom. The zero-order valence-electron chi connectivity index (χ0n) is 17.3. The maximum absolute atomic E-state index is 12.3. The van der Waals surface area contributed by atoms with Crippen molar-refractivity contribution in [1.29, 1.82) is 0 Å². The van der Waals surface area contributed by atoms with Crippen molar-refractivity contribution in [3.8, 4) is 0 Å². The number of carbonyl (C=O) groups is 1. The molecule has 1 aromatic heterocycles. The molecule has 9 heteroatoms. The molecule has 0 bridgehead atoms. The molecule has 1 aliphatic rings.